The first-order valence-corrected chi connectivity index (χ1v) is 9.12. The van der Waals surface area contributed by atoms with E-state index in [2.05, 4.69) is 21.5 Å². The Kier molecular flexibility index (Phi) is 6.20. The molecule has 138 valence electrons. The second-order valence-electron chi connectivity index (χ2n) is 6.22. The number of aliphatic hydroxyl groups excluding tert-OH is 1. The number of ether oxygens (including phenoxy) is 1. The zero-order valence-corrected chi connectivity index (χ0v) is 15.4. The molecular weight excluding hydrogens is 328 g/mol. The molecule has 1 N–H and O–H groups in total. The lowest BCUT2D eigenvalue weighted by Gasteiger charge is -2.15. The second-order valence-corrected chi connectivity index (χ2v) is 6.22. The van der Waals surface area contributed by atoms with Crippen LogP contribution in [0.15, 0.2) is 49.1 Å². The largest absolute Gasteiger partial charge is 0.389 e. The van der Waals surface area contributed by atoms with Crippen LogP contribution in [0.5, 0.6) is 0 Å². The summed E-state index contributed by atoms with van der Waals surface area (Å²) >= 11 is 0. The van der Waals surface area contributed by atoms with Gasteiger partial charge in [0, 0.05) is 31.1 Å². The highest BCUT2D eigenvalue weighted by Crippen LogP contribution is 2.30. The Hall–Kier alpha value is -2.44. The number of hydrogen-bond acceptors (Lipinski definition) is 4. The molecule has 0 fully saturated rings. The summed E-state index contributed by atoms with van der Waals surface area (Å²) in [5, 5.41) is 10.3. The van der Waals surface area contributed by atoms with E-state index in [1.807, 2.05) is 54.2 Å². The third-order valence-electron chi connectivity index (χ3n) is 4.20. The van der Waals surface area contributed by atoms with Crippen molar-refractivity contribution in [2.45, 2.75) is 39.5 Å². The average molecular weight is 354 g/mol. The molecule has 1 aromatic carbocycles. The lowest BCUT2D eigenvalue weighted by atomic mass is 10.1. The van der Waals surface area contributed by atoms with Crippen LogP contribution in [0.3, 0.4) is 0 Å². The van der Waals surface area contributed by atoms with Crippen LogP contribution in [0.2, 0.25) is 0 Å². The summed E-state index contributed by atoms with van der Waals surface area (Å²) in [5.41, 5.74) is 2.83. The van der Waals surface area contributed by atoms with Crippen LogP contribution in [-0.4, -0.2) is 43.5 Å². The van der Waals surface area contributed by atoms with E-state index in [1.165, 1.54) is 0 Å². The number of rotatable bonds is 9. The Balaban J connectivity index is 2.02. The molecule has 0 bridgehead atoms. The van der Waals surface area contributed by atoms with Crippen LogP contribution in [-0.2, 0) is 17.8 Å². The maximum atomic E-state index is 10.3. The van der Waals surface area contributed by atoms with E-state index < -0.39 is 6.10 Å². The molecule has 6 heteroatoms. The topological polar surface area (TPSA) is 65.1 Å². The summed E-state index contributed by atoms with van der Waals surface area (Å²) in [7, 11) is 0. The fraction of sp³-hybridized carbons (Fsp3) is 0.400. The molecule has 6 nitrogen and oxygen atoms in total. The smallest absolute Gasteiger partial charge is 0.158 e. The van der Waals surface area contributed by atoms with Crippen LogP contribution in [0, 0.1) is 0 Å². The Labute approximate surface area is 154 Å². The highest BCUT2D eigenvalue weighted by Gasteiger charge is 2.20. The number of hydrogen-bond donors (Lipinski definition) is 1. The van der Waals surface area contributed by atoms with Crippen molar-refractivity contribution in [3.05, 3.63) is 49.1 Å². The molecule has 0 radical (unpaired) electrons. The molecule has 0 saturated carbocycles. The van der Waals surface area contributed by atoms with Gasteiger partial charge in [0.15, 0.2) is 5.82 Å². The average Bonchev–Trinajstić information content (AvgIpc) is 3.27. The number of aliphatic hydroxyl groups is 1. The van der Waals surface area contributed by atoms with Crippen LogP contribution < -0.4 is 0 Å². The number of aromatic nitrogens is 4. The van der Waals surface area contributed by atoms with Crippen molar-refractivity contribution in [2.75, 3.05) is 13.2 Å². The van der Waals surface area contributed by atoms with Gasteiger partial charge in [-0.05, 0) is 13.3 Å². The standard InChI is InChI=1S/C20H26N4O2/c1-3-11-23-12-10-21-20(23)19-18(16-8-6-5-7-9-16)22-15-24(19)13-17(25)14-26-4-2/h5-10,12,15,17,25H,3-4,11,13-14H2,1-2H3. The van der Waals surface area contributed by atoms with Gasteiger partial charge in [0.25, 0.3) is 0 Å². The van der Waals surface area contributed by atoms with E-state index in [0.717, 1.165) is 35.7 Å². The van der Waals surface area contributed by atoms with Gasteiger partial charge in [-0.3, -0.25) is 0 Å². The Morgan fingerprint density at radius 3 is 2.65 bits per heavy atom. The minimum absolute atomic E-state index is 0.304. The van der Waals surface area contributed by atoms with Crippen LogP contribution in [0.4, 0.5) is 0 Å². The molecule has 0 aliphatic rings. The van der Waals surface area contributed by atoms with E-state index in [1.54, 1.807) is 6.33 Å². The lowest BCUT2D eigenvalue weighted by Crippen LogP contribution is -2.22. The molecule has 2 aromatic heterocycles. The SMILES string of the molecule is CCCn1ccnc1-c1c(-c2ccccc2)ncn1CC(O)COCC. The molecule has 2 heterocycles. The van der Waals surface area contributed by atoms with Crippen molar-refractivity contribution < 1.29 is 9.84 Å². The van der Waals surface area contributed by atoms with Crippen LogP contribution in [0.25, 0.3) is 22.8 Å². The summed E-state index contributed by atoms with van der Waals surface area (Å²) in [4.78, 5) is 9.22. The van der Waals surface area contributed by atoms with Crippen LogP contribution >= 0.6 is 0 Å². The van der Waals surface area contributed by atoms with Crippen molar-refractivity contribution in [1.29, 1.82) is 0 Å². The molecule has 0 saturated heterocycles. The van der Waals surface area contributed by atoms with Crippen LogP contribution in [0.1, 0.15) is 20.3 Å². The molecule has 0 aliphatic heterocycles. The van der Waals surface area contributed by atoms with E-state index in [9.17, 15) is 5.11 Å². The van der Waals surface area contributed by atoms with Gasteiger partial charge in [0.1, 0.15) is 5.69 Å². The van der Waals surface area contributed by atoms with Gasteiger partial charge in [0.2, 0.25) is 0 Å². The van der Waals surface area contributed by atoms with Gasteiger partial charge >= 0.3 is 0 Å². The van der Waals surface area contributed by atoms with Gasteiger partial charge in [0.05, 0.1) is 31.3 Å². The molecule has 0 aliphatic carbocycles. The summed E-state index contributed by atoms with van der Waals surface area (Å²) in [6.07, 6.45) is 6.00. The molecule has 3 aromatic rings. The van der Waals surface area contributed by atoms with Crippen molar-refractivity contribution in [2.24, 2.45) is 0 Å². The van der Waals surface area contributed by atoms with Gasteiger partial charge in [-0.25, -0.2) is 9.97 Å². The number of aryl methyl sites for hydroxylation is 1. The highest BCUT2D eigenvalue weighted by atomic mass is 16.5. The van der Waals surface area contributed by atoms with E-state index in [0.29, 0.717) is 19.8 Å². The summed E-state index contributed by atoms with van der Waals surface area (Å²) in [5.74, 6) is 0.867. The van der Waals surface area contributed by atoms with Crippen molar-refractivity contribution in [3.8, 4) is 22.8 Å². The predicted molar refractivity (Wildman–Crippen MR) is 102 cm³/mol. The highest BCUT2D eigenvalue weighted by molar-refractivity contribution is 5.75. The summed E-state index contributed by atoms with van der Waals surface area (Å²) < 4.78 is 9.45. The molecular formula is C20H26N4O2. The van der Waals surface area contributed by atoms with Gasteiger partial charge in [-0.15, -0.1) is 0 Å². The zero-order chi connectivity index (χ0) is 18.4. The summed E-state index contributed by atoms with van der Waals surface area (Å²) in [6, 6.07) is 10.1. The first kappa shape index (κ1) is 18.4. The van der Waals surface area contributed by atoms with Crippen molar-refractivity contribution in [1.82, 2.24) is 19.1 Å². The molecule has 1 atom stereocenters. The van der Waals surface area contributed by atoms with Crippen molar-refractivity contribution in [3.63, 3.8) is 0 Å². The monoisotopic (exact) mass is 354 g/mol. The van der Waals surface area contributed by atoms with E-state index in [-0.39, 0.29) is 0 Å². The molecule has 0 amide bonds. The second kappa shape index (κ2) is 8.78. The van der Waals surface area contributed by atoms with Gasteiger partial charge in [-0.2, -0.15) is 0 Å². The Bertz CT molecular complexity index is 810. The van der Waals surface area contributed by atoms with Gasteiger partial charge < -0.3 is 19.0 Å². The van der Waals surface area contributed by atoms with E-state index >= 15 is 0 Å². The zero-order valence-electron chi connectivity index (χ0n) is 15.4. The fourth-order valence-electron chi connectivity index (χ4n) is 3.04. The van der Waals surface area contributed by atoms with Crippen molar-refractivity contribution >= 4 is 0 Å². The first-order valence-electron chi connectivity index (χ1n) is 9.12. The normalized spacial score (nSPS) is 12.4. The first-order chi connectivity index (χ1) is 12.7. The molecule has 0 spiro atoms. The number of benzene rings is 1. The minimum atomic E-state index is -0.596. The minimum Gasteiger partial charge on any atom is -0.389 e. The number of nitrogens with zero attached hydrogens (tertiary/aromatic N) is 4. The quantitative estimate of drug-likeness (QED) is 0.641. The molecule has 26 heavy (non-hydrogen) atoms. The third-order valence-corrected chi connectivity index (χ3v) is 4.20. The number of imidazole rings is 2. The Morgan fingerprint density at radius 1 is 1.12 bits per heavy atom. The lowest BCUT2D eigenvalue weighted by molar-refractivity contribution is 0.0337. The van der Waals surface area contributed by atoms with E-state index in [4.69, 9.17) is 4.74 Å². The fourth-order valence-corrected chi connectivity index (χ4v) is 3.04. The summed E-state index contributed by atoms with van der Waals surface area (Å²) in [6.45, 7) is 6.25. The third kappa shape index (κ3) is 4.03. The Morgan fingerprint density at radius 2 is 1.92 bits per heavy atom. The maximum absolute atomic E-state index is 10.3. The predicted octanol–water partition coefficient (Wildman–Crippen LogP) is 3.22. The maximum Gasteiger partial charge on any atom is 0.158 e. The molecule has 3 rings (SSSR count). The molecule has 1 unspecified atom stereocenters. The van der Waals surface area contributed by atoms with Gasteiger partial charge in [-0.1, -0.05) is 37.3 Å².